The van der Waals surface area contributed by atoms with Crippen molar-refractivity contribution in [3.63, 3.8) is 0 Å². The Morgan fingerprint density at radius 1 is 1.39 bits per heavy atom. The smallest absolute Gasteiger partial charge is 0.129 e. The molecule has 0 bridgehead atoms. The van der Waals surface area contributed by atoms with Crippen molar-refractivity contribution >= 4 is 22.6 Å². The van der Waals surface area contributed by atoms with Gasteiger partial charge in [0.1, 0.15) is 5.82 Å². The van der Waals surface area contributed by atoms with E-state index in [1.807, 2.05) is 25.2 Å². The summed E-state index contributed by atoms with van der Waals surface area (Å²) in [6.07, 6.45) is 2.48. The molecule has 1 aromatic heterocycles. The number of nitrogens with zero attached hydrogens (tertiary/aromatic N) is 2. The van der Waals surface area contributed by atoms with Gasteiger partial charge in [-0.3, -0.25) is 0 Å². The van der Waals surface area contributed by atoms with Crippen LogP contribution in [0.1, 0.15) is 38.6 Å². The average Bonchev–Trinajstić information content (AvgIpc) is 3.10. The number of imidazole rings is 1. The third-order valence-electron chi connectivity index (χ3n) is 3.75. The first-order chi connectivity index (χ1) is 8.53. The number of aromatic nitrogens is 2. The van der Waals surface area contributed by atoms with E-state index in [2.05, 4.69) is 23.7 Å². The SMILES string of the molecule is CNC(C)(C)c1nc2ccc(Cl)cc2n1C1CC1. The normalized spacial score (nSPS) is 16.4. The van der Waals surface area contributed by atoms with Gasteiger partial charge in [-0.15, -0.1) is 0 Å². The molecule has 0 amide bonds. The van der Waals surface area contributed by atoms with E-state index in [9.17, 15) is 0 Å². The second kappa shape index (κ2) is 3.97. The molecular weight excluding hydrogens is 246 g/mol. The fraction of sp³-hybridized carbons (Fsp3) is 0.500. The Morgan fingerprint density at radius 2 is 2.11 bits per heavy atom. The van der Waals surface area contributed by atoms with Gasteiger partial charge in [-0.1, -0.05) is 11.6 Å². The number of nitrogens with one attached hydrogen (secondary N) is 1. The molecule has 1 saturated carbocycles. The molecule has 2 aromatic rings. The van der Waals surface area contributed by atoms with E-state index in [0.717, 1.165) is 21.9 Å². The molecule has 1 aliphatic rings. The zero-order valence-corrected chi connectivity index (χ0v) is 11.8. The monoisotopic (exact) mass is 263 g/mol. The van der Waals surface area contributed by atoms with Gasteiger partial charge in [0.05, 0.1) is 16.6 Å². The molecule has 0 unspecified atom stereocenters. The number of rotatable bonds is 3. The lowest BCUT2D eigenvalue weighted by Gasteiger charge is -2.24. The van der Waals surface area contributed by atoms with Crippen molar-refractivity contribution in [3.8, 4) is 0 Å². The van der Waals surface area contributed by atoms with Gasteiger partial charge in [0.15, 0.2) is 0 Å². The summed E-state index contributed by atoms with van der Waals surface area (Å²) in [5, 5.41) is 4.12. The van der Waals surface area contributed by atoms with Crippen molar-refractivity contribution < 1.29 is 0 Å². The van der Waals surface area contributed by atoms with Gasteiger partial charge in [0.25, 0.3) is 0 Å². The van der Waals surface area contributed by atoms with Crippen LogP contribution < -0.4 is 5.32 Å². The molecule has 1 heterocycles. The van der Waals surface area contributed by atoms with Gasteiger partial charge in [-0.25, -0.2) is 4.98 Å². The Labute approximate surface area is 112 Å². The Morgan fingerprint density at radius 3 is 2.72 bits per heavy atom. The summed E-state index contributed by atoms with van der Waals surface area (Å²) < 4.78 is 2.36. The quantitative estimate of drug-likeness (QED) is 0.919. The highest BCUT2D eigenvalue weighted by atomic mass is 35.5. The highest BCUT2D eigenvalue weighted by Crippen LogP contribution is 2.41. The van der Waals surface area contributed by atoms with Gasteiger partial charge in [-0.2, -0.15) is 0 Å². The van der Waals surface area contributed by atoms with Crippen molar-refractivity contribution in [2.45, 2.75) is 38.3 Å². The Bertz CT molecular complexity index is 596. The maximum atomic E-state index is 6.12. The van der Waals surface area contributed by atoms with Crippen LogP contribution in [-0.2, 0) is 5.54 Å². The molecule has 0 atom stereocenters. The van der Waals surface area contributed by atoms with Gasteiger partial charge in [0, 0.05) is 11.1 Å². The van der Waals surface area contributed by atoms with Crippen LogP contribution in [0.5, 0.6) is 0 Å². The Balaban J connectivity index is 2.28. The molecule has 0 radical (unpaired) electrons. The average molecular weight is 264 g/mol. The second-order valence-electron chi connectivity index (χ2n) is 5.54. The van der Waals surface area contributed by atoms with Crippen molar-refractivity contribution in [2.24, 2.45) is 0 Å². The predicted molar refractivity (Wildman–Crippen MR) is 75.1 cm³/mol. The standard InChI is InChI=1S/C14H18ClN3/c1-14(2,16-3)13-17-11-7-4-9(15)8-12(11)18(13)10-5-6-10/h4,7-8,10,16H,5-6H2,1-3H3. The van der Waals surface area contributed by atoms with E-state index in [-0.39, 0.29) is 5.54 Å². The van der Waals surface area contributed by atoms with Gasteiger partial charge in [-0.05, 0) is 51.9 Å². The Kier molecular flexibility index (Phi) is 2.65. The minimum Gasteiger partial charge on any atom is -0.323 e. The van der Waals surface area contributed by atoms with Gasteiger partial charge in [0.2, 0.25) is 0 Å². The molecule has 4 heteroatoms. The van der Waals surface area contributed by atoms with Gasteiger partial charge < -0.3 is 9.88 Å². The van der Waals surface area contributed by atoms with E-state index < -0.39 is 0 Å². The van der Waals surface area contributed by atoms with E-state index >= 15 is 0 Å². The fourth-order valence-corrected chi connectivity index (χ4v) is 2.49. The molecular formula is C14H18ClN3. The summed E-state index contributed by atoms with van der Waals surface area (Å²) in [5.41, 5.74) is 2.06. The molecule has 0 aliphatic heterocycles. The molecule has 96 valence electrons. The predicted octanol–water partition coefficient (Wildman–Crippen LogP) is 3.48. The fourth-order valence-electron chi connectivity index (χ4n) is 2.32. The van der Waals surface area contributed by atoms with Crippen LogP contribution in [-0.4, -0.2) is 16.6 Å². The van der Waals surface area contributed by atoms with Crippen molar-refractivity contribution in [3.05, 3.63) is 29.0 Å². The van der Waals surface area contributed by atoms with Crippen LogP contribution in [0.3, 0.4) is 0 Å². The van der Waals surface area contributed by atoms with Crippen molar-refractivity contribution in [1.29, 1.82) is 0 Å². The highest BCUT2D eigenvalue weighted by molar-refractivity contribution is 6.31. The van der Waals surface area contributed by atoms with E-state index in [1.54, 1.807) is 0 Å². The number of benzene rings is 1. The van der Waals surface area contributed by atoms with Crippen LogP contribution in [0.2, 0.25) is 5.02 Å². The molecule has 1 aromatic carbocycles. The zero-order valence-electron chi connectivity index (χ0n) is 11.0. The molecule has 1 fully saturated rings. The first kappa shape index (κ1) is 12.0. The third kappa shape index (κ3) is 1.82. The number of hydrogen-bond acceptors (Lipinski definition) is 2. The van der Waals surface area contributed by atoms with Crippen LogP contribution >= 0.6 is 11.6 Å². The lowest BCUT2D eigenvalue weighted by molar-refractivity contribution is 0.398. The largest absolute Gasteiger partial charge is 0.323 e. The minimum absolute atomic E-state index is 0.131. The third-order valence-corrected chi connectivity index (χ3v) is 3.98. The topological polar surface area (TPSA) is 29.9 Å². The van der Waals surface area contributed by atoms with E-state index in [4.69, 9.17) is 16.6 Å². The molecule has 3 nitrogen and oxygen atoms in total. The first-order valence-electron chi connectivity index (χ1n) is 6.40. The van der Waals surface area contributed by atoms with Gasteiger partial charge >= 0.3 is 0 Å². The summed E-state index contributed by atoms with van der Waals surface area (Å²) in [6, 6.07) is 6.53. The first-order valence-corrected chi connectivity index (χ1v) is 6.77. The number of fused-ring (bicyclic) bond motifs is 1. The summed E-state index contributed by atoms with van der Waals surface area (Å²) in [7, 11) is 1.98. The summed E-state index contributed by atoms with van der Waals surface area (Å²) in [4.78, 5) is 4.80. The van der Waals surface area contributed by atoms with Crippen LogP contribution in [0, 0.1) is 0 Å². The number of hydrogen-bond donors (Lipinski definition) is 1. The van der Waals surface area contributed by atoms with E-state index in [1.165, 1.54) is 12.8 Å². The van der Waals surface area contributed by atoms with Crippen LogP contribution in [0.25, 0.3) is 11.0 Å². The van der Waals surface area contributed by atoms with Crippen molar-refractivity contribution in [2.75, 3.05) is 7.05 Å². The summed E-state index contributed by atoms with van der Waals surface area (Å²) >= 11 is 6.12. The molecule has 0 saturated heterocycles. The lowest BCUT2D eigenvalue weighted by atomic mass is 10.1. The second-order valence-corrected chi connectivity index (χ2v) is 5.98. The van der Waals surface area contributed by atoms with Crippen LogP contribution in [0.15, 0.2) is 18.2 Å². The van der Waals surface area contributed by atoms with Crippen LogP contribution in [0.4, 0.5) is 0 Å². The molecule has 0 spiro atoms. The zero-order chi connectivity index (χ0) is 12.9. The molecule has 18 heavy (non-hydrogen) atoms. The minimum atomic E-state index is -0.131. The number of halogens is 1. The lowest BCUT2D eigenvalue weighted by Crippen LogP contribution is -2.36. The maximum Gasteiger partial charge on any atom is 0.129 e. The van der Waals surface area contributed by atoms with Crippen molar-refractivity contribution in [1.82, 2.24) is 14.9 Å². The highest BCUT2D eigenvalue weighted by Gasteiger charge is 2.33. The maximum absolute atomic E-state index is 6.12. The van der Waals surface area contributed by atoms with E-state index in [0.29, 0.717) is 6.04 Å². The molecule has 1 aliphatic carbocycles. The summed E-state index contributed by atoms with van der Waals surface area (Å²) in [6.45, 7) is 4.32. The molecule has 1 N–H and O–H groups in total. The molecule has 3 rings (SSSR count). The summed E-state index contributed by atoms with van der Waals surface area (Å²) in [5.74, 6) is 1.10. The Hall–Kier alpha value is -1.06.